The molecule has 0 amide bonds. The van der Waals surface area contributed by atoms with Gasteiger partial charge in [0.15, 0.2) is 0 Å². The van der Waals surface area contributed by atoms with E-state index in [0.717, 1.165) is 22.5 Å². The van der Waals surface area contributed by atoms with Crippen LogP contribution in [0.15, 0.2) is 29.2 Å². The molecule has 0 heterocycles. The molecule has 0 radical (unpaired) electrons. The SMILES string of the molecule is CCC1CCCC(C(CSc2ccc(F)cc2)NC)C1. The molecule has 3 atom stereocenters. The summed E-state index contributed by atoms with van der Waals surface area (Å²) in [6.07, 6.45) is 6.83. The average Bonchev–Trinajstić information content (AvgIpc) is 2.50. The molecule has 0 spiro atoms. The van der Waals surface area contributed by atoms with Crippen molar-refractivity contribution in [1.29, 1.82) is 0 Å². The number of rotatable bonds is 6. The van der Waals surface area contributed by atoms with Gasteiger partial charge in [0.1, 0.15) is 5.82 Å². The molecule has 0 aromatic heterocycles. The Kier molecular flexibility index (Phi) is 6.37. The molecule has 112 valence electrons. The van der Waals surface area contributed by atoms with Crippen molar-refractivity contribution >= 4 is 11.8 Å². The number of hydrogen-bond acceptors (Lipinski definition) is 2. The summed E-state index contributed by atoms with van der Waals surface area (Å²) in [4.78, 5) is 1.16. The van der Waals surface area contributed by atoms with E-state index in [1.165, 1.54) is 32.1 Å². The largest absolute Gasteiger partial charge is 0.316 e. The van der Waals surface area contributed by atoms with Crippen molar-refractivity contribution < 1.29 is 4.39 Å². The van der Waals surface area contributed by atoms with Crippen LogP contribution in [0.5, 0.6) is 0 Å². The normalized spacial score (nSPS) is 24.6. The molecule has 0 aliphatic heterocycles. The summed E-state index contributed by atoms with van der Waals surface area (Å²) in [5.41, 5.74) is 0. The molecule has 1 saturated carbocycles. The molecule has 3 unspecified atom stereocenters. The molecule has 1 aliphatic rings. The maximum absolute atomic E-state index is 12.9. The van der Waals surface area contributed by atoms with Crippen LogP contribution in [-0.4, -0.2) is 18.8 Å². The van der Waals surface area contributed by atoms with Gasteiger partial charge in [-0.15, -0.1) is 11.8 Å². The second-order valence-electron chi connectivity index (χ2n) is 5.86. The van der Waals surface area contributed by atoms with Gasteiger partial charge in [-0.1, -0.05) is 26.2 Å². The van der Waals surface area contributed by atoms with Crippen LogP contribution in [0.3, 0.4) is 0 Å². The number of nitrogens with one attached hydrogen (secondary N) is 1. The molecule has 2 rings (SSSR count). The van der Waals surface area contributed by atoms with Crippen molar-refractivity contribution in [3.63, 3.8) is 0 Å². The predicted molar refractivity (Wildman–Crippen MR) is 85.7 cm³/mol. The zero-order valence-corrected chi connectivity index (χ0v) is 13.4. The van der Waals surface area contributed by atoms with Gasteiger partial charge in [-0.2, -0.15) is 0 Å². The van der Waals surface area contributed by atoms with E-state index in [1.807, 2.05) is 23.9 Å². The number of hydrogen-bond donors (Lipinski definition) is 1. The van der Waals surface area contributed by atoms with E-state index in [-0.39, 0.29) is 5.82 Å². The van der Waals surface area contributed by atoms with Gasteiger partial charge >= 0.3 is 0 Å². The van der Waals surface area contributed by atoms with E-state index in [4.69, 9.17) is 0 Å². The lowest BCUT2D eigenvalue weighted by Gasteiger charge is -2.34. The Labute approximate surface area is 126 Å². The van der Waals surface area contributed by atoms with E-state index < -0.39 is 0 Å². The first-order chi connectivity index (χ1) is 9.72. The topological polar surface area (TPSA) is 12.0 Å². The lowest BCUT2D eigenvalue weighted by Crippen LogP contribution is -2.38. The molecule has 1 aromatic rings. The highest BCUT2D eigenvalue weighted by atomic mass is 32.2. The second kappa shape index (κ2) is 8.04. The van der Waals surface area contributed by atoms with Crippen LogP contribution in [0.4, 0.5) is 4.39 Å². The van der Waals surface area contributed by atoms with Crippen LogP contribution in [0.1, 0.15) is 39.0 Å². The average molecular weight is 295 g/mol. The van der Waals surface area contributed by atoms with Gasteiger partial charge in [0, 0.05) is 16.7 Å². The molecular weight excluding hydrogens is 269 g/mol. The molecule has 1 aromatic carbocycles. The van der Waals surface area contributed by atoms with E-state index >= 15 is 0 Å². The van der Waals surface area contributed by atoms with Crippen LogP contribution in [0.25, 0.3) is 0 Å². The summed E-state index contributed by atoms with van der Waals surface area (Å²) < 4.78 is 12.9. The lowest BCUT2D eigenvalue weighted by molar-refractivity contribution is 0.223. The minimum Gasteiger partial charge on any atom is -0.316 e. The summed E-state index contributed by atoms with van der Waals surface area (Å²) in [7, 11) is 2.07. The fourth-order valence-corrected chi connectivity index (χ4v) is 4.38. The molecule has 3 heteroatoms. The second-order valence-corrected chi connectivity index (χ2v) is 6.95. The molecular formula is C17H26FNS. The van der Waals surface area contributed by atoms with Gasteiger partial charge in [0.05, 0.1) is 0 Å². The van der Waals surface area contributed by atoms with E-state index in [0.29, 0.717) is 6.04 Å². The molecule has 1 aliphatic carbocycles. The number of halogens is 1. The highest BCUT2D eigenvalue weighted by Gasteiger charge is 2.26. The minimum absolute atomic E-state index is 0.155. The molecule has 1 N–H and O–H groups in total. The van der Waals surface area contributed by atoms with Crippen LogP contribution in [0, 0.1) is 17.7 Å². The summed E-state index contributed by atoms with van der Waals surface area (Å²) in [5, 5.41) is 3.50. The quantitative estimate of drug-likeness (QED) is 0.762. The third kappa shape index (κ3) is 4.49. The summed E-state index contributed by atoms with van der Waals surface area (Å²) in [6.45, 7) is 2.31. The Morgan fingerprint density at radius 3 is 2.70 bits per heavy atom. The summed E-state index contributed by atoms with van der Waals surface area (Å²) in [6, 6.07) is 7.42. The molecule has 1 fully saturated rings. The Bertz CT molecular complexity index is 392. The fourth-order valence-electron chi connectivity index (χ4n) is 3.24. The Hall–Kier alpha value is -0.540. The third-order valence-corrected chi connectivity index (χ3v) is 5.72. The van der Waals surface area contributed by atoms with Crippen LogP contribution in [-0.2, 0) is 0 Å². The van der Waals surface area contributed by atoms with Gasteiger partial charge in [-0.25, -0.2) is 4.39 Å². The van der Waals surface area contributed by atoms with Crippen molar-refractivity contribution in [1.82, 2.24) is 5.32 Å². The third-order valence-electron chi connectivity index (χ3n) is 4.58. The van der Waals surface area contributed by atoms with Crippen molar-refractivity contribution in [2.45, 2.75) is 50.0 Å². The van der Waals surface area contributed by atoms with Crippen LogP contribution < -0.4 is 5.32 Å². The smallest absolute Gasteiger partial charge is 0.123 e. The summed E-state index contributed by atoms with van der Waals surface area (Å²) in [5.74, 6) is 2.63. The highest BCUT2D eigenvalue weighted by Crippen LogP contribution is 2.34. The van der Waals surface area contributed by atoms with Crippen LogP contribution >= 0.6 is 11.8 Å². The Balaban J connectivity index is 1.86. The maximum Gasteiger partial charge on any atom is 0.123 e. The summed E-state index contributed by atoms with van der Waals surface area (Å²) >= 11 is 1.84. The first kappa shape index (κ1) is 15.8. The highest BCUT2D eigenvalue weighted by molar-refractivity contribution is 7.99. The minimum atomic E-state index is -0.155. The maximum atomic E-state index is 12.9. The molecule has 0 bridgehead atoms. The standard InChI is InChI=1S/C17H26FNS/c1-3-13-5-4-6-14(11-13)17(19-2)12-20-16-9-7-15(18)8-10-16/h7-10,13-14,17,19H,3-6,11-12H2,1-2H3. The monoisotopic (exact) mass is 295 g/mol. The van der Waals surface area contributed by atoms with Crippen molar-refractivity contribution in [3.8, 4) is 0 Å². The molecule has 0 saturated heterocycles. The fraction of sp³-hybridized carbons (Fsp3) is 0.647. The van der Waals surface area contributed by atoms with Gasteiger partial charge in [0.2, 0.25) is 0 Å². The van der Waals surface area contributed by atoms with Gasteiger partial charge in [0.25, 0.3) is 0 Å². The zero-order valence-electron chi connectivity index (χ0n) is 12.6. The number of benzene rings is 1. The Morgan fingerprint density at radius 1 is 1.30 bits per heavy atom. The van der Waals surface area contributed by atoms with E-state index in [9.17, 15) is 4.39 Å². The van der Waals surface area contributed by atoms with Crippen molar-refractivity contribution in [2.24, 2.45) is 11.8 Å². The predicted octanol–water partition coefficient (Wildman–Crippen LogP) is 4.72. The van der Waals surface area contributed by atoms with Crippen molar-refractivity contribution in [3.05, 3.63) is 30.1 Å². The van der Waals surface area contributed by atoms with Gasteiger partial charge in [-0.3, -0.25) is 0 Å². The molecule has 20 heavy (non-hydrogen) atoms. The van der Waals surface area contributed by atoms with Gasteiger partial charge in [-0.05, 0) is 56.0 Å². The first-order valence-corrected chi connectivity index (χ1v) is 8.77. The molecule has 1 nitrogen and oxygen atoms in total. The Morgan fingerprint density at radius 2 is 2.05 bits per heavy atom. The zero-order chi connectivity index (χ0) is 14.4. The van der Waals surface area contributed by atoms with E-state index in [2.05, 4.69) is 19.3 Å². The first-order valence-electron chi connectivity index (χ1n) is 7.78. The number of thioether (sulfide) groups is 1. The lowest BCUT2D eigenvalue weighted by atomic mass is 9.77. The van der Waals surface area contributed by atoms with Crippen LogP contribution in [0.2, 0.25) is 0 Å². The van der Waals surface area contributed by atoms with E-state index in [1.54, 1.807) is 12.1 Å². The van der Waals surface area contributed by atoms with Gasteiger partial charge < -0.3 is 5.32 Å². The van der Waals surface area contributed by atoms with Crippen molar-refractivity contribution in [2.75, 3.05) is 12.8 Å².